The van der Waals surface area contributed by atoms with Crippen LogP contribution < -0.4 is 19.7 Å². The molecule has 0 saturated heterocycles. The Labute approximate surface area is 152 Å². The van der Waals surface area contributed by atoms with E-state index in [1.807, 2.05) is 32.0 Å². The Hall–Kier alpha value is -3.02. The molecule has 136 valence electrons. The van der Waals surface area contributed by atoms with Crippen molar-refractivity contribution in [2.24, 2.45) is 5.41 Å². The third kappa shape index (κ3) is 3.79. The van der Waals surface area contributed by atoms with Crippen LogP contribution in [-0.4, -0.2) is 32.1 Å². The summed E-state index contributed by atoms with van der Waals surface area (Å²) in [6.45, 7) is 3.90. The number of para-hydroxylation sites is 1. The van der Waals surface area contributed by atoms with E-state index in [9.17, 15) is 9.59 Å². The van der Waals surface area contributed by atoms with Gasteiger partial charge in [-0.1, -0.05) is 18.2 Å². The van der Waals surface area contributed by atoms with Gasteiger partial charge in [0, 0.05) is 12.7 Å². The maximum Gasteiger partial charge on any atom is 0.262 e. The Kier molecular flexibility index (Phi) is 4.84. The van der Waals surface area contributed by atoms with E-state index in [0.717, 1.165) is 0 Å². The fraction of sp³-hybridized carbons (Fsp3) is 0.300. The molecule has 0 spiro atoms. The largest absolute Gasteiger partial charge is 0.490 e. The summed E-state index contributed by atoms with van der Waals surface area (Å²) in [6.07, 6.45) is 0. The topological polar surface area (TPSA) is 67.9 Å². The van der Waals surface area contributed by atoms with Gasteiger partial charge in [0.1, 0.15) is 18.1 Å². The lowest BCUT2D eigenvalue weighted by Crippen LogP contribution is -2.39. The summed E-state index contributed by atoms with van der Waals surface area (Å²) in [5, 5.41) is 2.78. The van der Waals surface area contributed by atoms with Crippen molar-refractivity contribution >= 4 is 23.2 Å². The number of fused-ring (bicyclic) bond motifs is 1. The molecule has 0 radical (unpaired) electrons. The molecule has 0 unspecified atom stereocenters. The van der Waals surface area contributed by atoms with Gasteiger partial charge in [0.15, 0.2) is 6.61 Å². The first-order chi connectivity index (χ1) is 12.4. The number of carbonyl (C=O) groups is 2. The number of nitrogens with zero attached hydrogens (tertiary/aromatic N) is 1. The summed E-state index contributed by atoms with van der Waals surface area (Å²) < 4.78 is 11.2. The standard InChI is InChI=1S/C20H22N2O4/c1-20(2)13-26-17-10-9-14(11-16(17)22(3)19(20)24)21-18(23)12-25-15-7-5-4-6-8-15/h4-11H,12-13H2,1-3H3,(H,21,23). The molecule has 0 atom stereocenters. The van der Waals surface area contributed by atoms with Gasteiger partial charge in [0.2, 0.25) is 5.91 Å². The first kappa shape index (κ1) is 17.8. The molecular formula is C20H22N2O4. The summed E-state index contributed by atoms with van der Waals surface area (Å²) >= 11 is 0. The zero-order valence-electron chi connectivity index (χ0n) is 15.1. The number of nitrogens with one attached hydrogen (secondary N) is 1. The molecule has 0 aliphatic carbocycles. The highest BCUT2D eigenvalue weighted by atomic mass is 16.5. The highest BCUT2D eigenvalue weighted by Crippen LogP contribution is 2.37. The minimum absolute atomic E-state index is 0.0351. The van der Waals surface area contributed by atoms with E-state index in [4.69, 9.17) is 9.47 Å². The average Bonchev–Trinajstić information content (AvgIpc) is 2.72. The molecule has 0 bridgehead atoms. The van der Waals surface area contributed by atoms with E-state index in [1.165, 1.54) is 0 Å². The summed E-state index contributed by atoms with van der Waals surface area (Å²) in [6, 6.07) is 14.4. The van der Waals surface area contributed by atoms with Crippen molar-refractivity contribution in [3.63, 3.8) is 0 Å². The average molecular weight is 354 g/mol. The van der Waals surface area contributed by atoms with Crippen molar-refractivity contribution in [1.82, 2.24) is 0 Å². The second-order valence-corrected chi connectivity index (χ2v) is 6.87. The Bertz CT molecular complexity index is 818. The van der Waals surface area contributed by atoms with Gasteiger partial charge in [0.25, 0.3) is 5.91 Å². The maximum atomic E-state index is 12.6. The molecule has 1 aliphatic heterocycles. The van der Waals surface area contributed by atoms with E-state index in [2.05, 4.69) is 5.32 Å². The quantitative estimate of drug-likeness (QED) is 0.916. The van der Waals surface area contributed by atoms with E-state index in [0.29, 0.717) is 29.5 Å². The van der Waals surface area contributed by atoms with Gasteiger partial charge >= 0.3 is 0 Å². The molecule has 1 N–H and O–H groups in total. The third-order valence-electron chi connectivity index (χ3n) is 4.19. The van der Waals surface area contributed by atoms with Gasteiger partial charge in [-0.2, -0.15) is 0 Å². The lowest BCUT2D eigenvalue weighted by atomic mass is 9.93. The number of ether oxygens (including phenoxy) is 2. The van der Waals surface area contributed by atoms with Gasteiger partial charge in [-0.25, -0.2) is 0 Å². The minimum atomic E-state index is -0.610. The molecule has 2 aromatic carbocycles. The highest BCUT2D eigenvalue weighted by Gasteiger charge is 2.36. The molecule has 2 amide bonds. The highest BCUT2D eigenvalue weighted by molar-refractivity contribution is 6.00. The fourth-order valence-electron chi connectivity index (χ4n) is 2.73. The van der Waals surface area contributed by atoms with E-state index in [1.54, 1.807) is 42.3 Å². The molecule has 3 rings (SSSR count). The second kappa shape index (κ2) is 7.07. The molecule has 6 heteroatoms. The van der Waals surface area contributed by atoms with Gasteiger partial charge in [0.05, 0.1) is 11.1 Å². The fourth-order valence-corrected chi connectivity index (χ4v) is 2.73. The second-order valence-electron chi connectivity index (χ2n) is 6.87. The number of hydrogen-bond donors (Lipinski definition) is 1. The molecule has 26 heavy (non-hydrogen) atoms. The number of amides is 2. The molecule has 1 aliphatic rings. The Morgan fingerprint density at radius 3 is 2.69 bits per heavy atom. The summed E-state index contributed by atoms with van der Waals surface area (Å²) in [5.74, 6) is 0.931. The Morgan fingerprint density at radius 1 is 1.23 bits per heavy atom. The summed E-state index contributed by atoms with van der Waals surface area (Å²) in [4.78, 5) is 26.3. The van der Waals surface area contributed by atoms with Crippen molar-refractivity contribution in [3.05, 3.63) is 48.5 Å². The summed E-state index contributed by atoms with van der Waals surface area (Å²) in [7, 11) is 1.71. The van der Waals surface area contributed by atoms with Crippen molar-refractivity contribution in [2.75, 3.05) is 30.5 Å². The first-order valence-corrected chi connectivity index (χ1v) is 8.39. The van der Waals surface area contributed by atoms with Crippen LogP contribution in [0.5, 0.6) is 11.5 Å². The molecule has 0 fully saturated rings. The first-order valence-electron chi connectivity index (χ1n) is 8.39. The van der Waals surface area contributed by atoms with Crippen LogP contribution in [-0.2, 0) is 9.59 Å². The van der Waals surface area contributed by atoms with Crippen molar-refractivity contribution in [2.45, 2.75) is 13.8 Å². The third-order valence-corrected chi connectivity index (χ3v) is 4.19. The van der Waals surface area contributed by atoms with Crippen LogP contribution in [0.25, 0.3) is 0 Å². The van der Waals surface area contributed by atoms with Crippen molar-refractivity contribution in [1.29, 1.82) is 0 Å². The SMILES string of the molecule is CN1C(=O)C(C)(C)COc2ccc(NC(=O)COc3ccccc3)cc21. The predicted molar refractivity (Wildman–Crippen MR) is 99.7 cm³/mol. The van der Waals surface area contributed by atoms with Crippen LogP contribution in [0.3, 0.4) is 0 Å². The maximum absolute atomic E-state index is 12.6. The zero-order chi connectivity index (χ0) is 18.7. The molecular weight excluding hydrogens is 332 g/mol. The van der Waals surface area contributed by atoms with Crippen LogP contribution in [0.1, 0.15) is 13.8 Å². The number of hydrogen-bond acceptors (Lipinski definition) is 4. The van der Waals surface area contributed by atoms with Crippen LogP contribution in [0.2, 0.25) is 0 Å². The van der Waals surface area contributed by atoms with Crippen LogP contribution in [0, 0.1) is 5.41 Å². The minimum Gasteiger partial charge on any atom is -0.490 e. The molecule has 0 aromatic heterocycles. The van der Waals surface area contributed by atoms with Crippen molar-refractivity contribution < 1.29 is 19.1 Å². The Balaban J connectivity index is 1.70. The monoisotopic (exact) mass is 354 g/mol. The molecule has 2 aromatic rings. The van der Waals surface area contributed by atoms with E-state index < -0.39 is 5.41 Å². The lowest BCUT2D eigenvalue weighted by molar-refractivity contribution is -0.127. The molecule has 1 heterocycles. The van der Waals surface area contributed by atoms with Crippen LogP contribution >= 0.6 is 0 Å². The van der Waals surface area contributed by atoms with E-state index >= 15 is 0 Å². The van der Waals surface area contributed by atoms with Gasteiger partial charge in [-0.15, -0.1) is 0 Å². The van der Waals surface area contributed by atoms with Gasteiger partial charge < -0.3 is 19.7 Å². The number of anilines is 2. The molecule has 0 saturated carbocycles. The van der Waals surface area contributed by atoms with Crippen LogP contribution in [0.15, 0.2) is 48.5 Å². The van der Waals surface area contributed by atoms with Crippen molar-refractivity contribution in [3.8, 4) is 11.5 Å². The van der Waals surface area contributed by atoms with E-state index in [-0.39, 0.29) is 18.4 Å². The zero-order valence-corrected chi connectivity index (χ0v) is 15.1. The predicted octanol–water partition coefficient (Wildman–Crippen LogP) is 3.09. The Morgan fingerprint density at radius 2 is 1.96 bits per heavy atom. The molecule has 6 nitrogen and oxygen atoms in total. The normalized spacial score (nSPS) is 15.5. The van der Waals surface area contributed by atoms with Gasteiger partial charge in [-0.05, 0) is 44.2 Å². The number of rotatable bonds is 4. The smallest absolute Gasteiger partial charge is 0.262 e. The number of carbonyl (C=O) groups excluding carboxylic acids is 2. The van der Waals surface area contributed by atoms with Crippen LogP contribution in [0.4, 0.5) is 11.4 Å². The lowest BCUT2D eigenvalue weighted by Gasteiger charge is -2.24. The number of benzene rings is 2. The summed E-state index contributed by atoms with van der Waals surface area (Å²) in [5.41, 5.74) is 0.594. The van der Waals surface area contributed by atoms with Gasteiger partial charge in [-0.3, -0.25) is 9.59 Å².